The quantitative estimate of drug-likeness (QED) is 0.202. The van der Waals surface area contributed by atoms with Gasteiger partial charge in [0.1, 0.15) is 12.2 Å². The van der Waals surface area contributed by atoms with Crippen molar-refractivity contribution in [3.05, 3.63) is 143 Å². The molecule has 0 aromatic heterocycles. The van der Waals surface area contributed by atoms with Crippen molar-refractivity contribution in [2.75, 3.05) is 0 Å². The minimum atomic E-state index is -4.56. The Balaban J connectivity index is 1.57. The minimum absolute atomic E-state index is 0.123. The summed E-state index contributed by atoms with van der Waals surface area (Å²) in [6.07, 6.45) is -11.8. The number of urea groups is 1. The van der Waals surface area contributed by atoms with E-state index in [2.05, 4.69) is 0 Å². The number of rotatable bonds is 8. The van der Waals surface area contributed by atoms with Crippen LogP contribution in [0, 0.1) is 0 Å². The van der Waals surface area contributed by atoms with Gasteiger partial charge in [-0.15, -0.1) is 0 Å². The Kier molecular flexibility index (Phi) is 9.74. The van der Waals surface area contributed by atoms with Gasteiger partial charge in [0.05, 0.1) is 23.2 Å². The summed E-state index contributed by atoms with van der Waals surface area (Å²) in [6, 6.07) is 24.0. The molecule has 1 aliphatic rings. The largest absolute Gasteiger partial charge is 0.416 e. The summed E-state index contributed by atoms with van der Waals surface area (Å²) in [5.41, 5.74) is 0.497. The Labute approximate surface area is 262 Å². The molecule has 46 heavy (non-hydrogen) atoms. The van der Waals surface area contributed by atoms with Crippen molar-refractivity contribution in [3.63, 3.8) is 0 Å². The molecular formula is C35H32F6N2O3. The first-order chi connectivity index (χ1) is 21.8. The Bertz CT molecular complexity index is 1460. The molecule has 11 heteroatoms. The van der Waals surface area contributed by atoms with Crippen LogP contribution in [0.3, 0.4) is 0 Å². The number of aliphatic hydroxyl groups excluding tert-OH is 2. The van der Waals surface area contributed by atoms with E-state index in [4.69, 9.17) is 0 Å². The molecule has 0 bridgehead atoms. The monoisotopic (exact) mass is 642 g/mol. The fraction of sp³-hybridized carbons (Fsp3) is 0.286. The molecule has 2 N–H and O–H groups in total. The molecule has 242 valence electrons. The number of aliphatic hydroxyl groups is 2. The van der Waals surface area contributed by atoms with Crippen molar-refractivity contribution >= 4 is 6.03 Å². The van der Waals surface area contributed by atoms with Crippen molar-refractivity contribution in [1.29, 1.82) is 0 Å². The van der Waals surface area contributed by atoms with Crippen LogP contribution in [0.15, 0.2) is 109 Å². The Morgan fingerprint density at radius 1 is 0.500 bits per heavy atom. The highest BCUT2D eigenvalue weighted by molar-refractivity contribution is 5.76. The first kappa shape index (κ1) is 33.0. The van der Waals surface area contributed by atoms with Crippen molar-refractivity contribution in [1.82, 2.24) is 9.80 Å². The van der Waals surface area contributed by atoms with Gasteiger partial charge in [-0.2, -0.15) is 26.3 Å². The molecule has 4 aromatic carbocycles. The van der Waals surface area contributed by atoms with E-state index in [-0.39, 0.29) is 25.9 Å². The van der Waals surface area contributed by atoms with Crippen LogP contribution in [0.5, 0.6) is 0 Å². The third-order valence-electron chi connectivity index (χ3n) is 8.27. The minimum Gasteiger partial charge on any atom is -0.388 e. The van der Waals surface area contributed by atoms with Crippen LogP contribution in [-0.4, -0.2) is 50.3 Å². The SMILES string of the molecule is O=C1N(Cc2ccc(C(F)(F)F)cc2)[C@H](Cc2ccccc2)[C@H](O)[C@@H](O)[C@@H](Cc2ccccc2)N1Cc1ccc(C(F)(F)F)cc1. The van der Waals surface area contributed by atoms with Crippen LogP contribution in [0.4, 0.5) is 31.1 Å². The predicted octanol–water partition coefficient (Wildman–Crippen LogP) is 7.11. The van der Waals surface area contributed by atoms with E-state index in [9.17, 15) is 41.4 Å². The van der Waals surface area contributed by atoms with E-state index in [0.29, 0.717) is 11.1 Å². The number of hydrogen-bond acceptors (Lipinski definition) is 3. The van der Waals surface area contributed by atoms with Gasteiger partial charge in [-0.3, -0.25) is 0 Å². The summed E-state index contributed by atoms with van der Waals surface area (Å²) in [4.78, 5) is 17.2. The zero-order chi connectivity index (χ0) is 33.1. The van der Waals surface area contributed by atoms with Gasteiger partial charge in [0.15, 0.2) is 0 Å². The lowest BCUT2D eigenvalue weighted by molar-refractivity contribution is -0.138. The molecule has 0 saturated carbocycles. The van der Waals surface area contributed by atoms with Gasteiger partial charge >= 0.3 is 18.4 Å². The lowest BCUT2D eigenvalue weighted by atomic mass is 9.91. The smallest absolute Gasteiger partial charge is 0.388 e. The second kappa shape index (κ2) is 13.6. The fourth-order valence-corrected chi connectivity index (χ4v) is 5.81. The molecular weight excluding hydrogens is 610 g/mol. The maximum Gasteiger partial charge on any atom is 0.416 e. The molecule has 5 rings (SSSR count). The van der Waals surface area contributed by atoms with Crippen LogP contribution in [0.1, 0.15) is 33.4 Å². The van der Waals surface area contributed by atoms with Crippen LogP contribution in [0.25, 0.3) is 0 Å². The maximum absolute atomic E-state index is 14.6. The number of benzene rings is 4. The Morgan fingerprint density at radius 3 is 1.13 bits per heavy atom. The average Bonchev–Trinajstić information content (AvgIpc) is 3.09. The highest BCUT2D eigenvalue weighted by Gasteiger charge is 2.46. The summed E-state index contributed by atoms with van der Waals surface area (Å²) < 4.78 is 79.6. The van der Waals surface area contributed by atoms with E-state index in [0.717, 1.165) is 35.4 Å². The topological polar surface area (TPSA) is 64.0 Å². The van der Waals surface area contributed by atoms with Gasteiger partial charge in [0.2, 0.25) is 0 Å². The zero-order valence-electron chi connectivity index (χ0n) is 24.5. The van der Waals surface area contributed by atoms with Gasteiger partial charge in [-0.1, -0.05) is 84.9 Å². The number of hydrogen-bond donors (Lipinski definition) is 2. The van der Waals surface area contributed by atoms with Crippen molar-refractivity contribution in [2.24, 2.45) is 0 Å². The van der Waals surface area contributed by atoms with Crippen LogP contribution < -0.4 is 0 Å². The molecule has 0 unspecified atom stereocenters. The second-order valence-electron chi connectivity index (χ2n) is 11.4. The molecule has 1 aliphatic heterocycles. The summed E-state index contributed by atoms with van der Waals surface area (Å²) in [6.45, 7) is -0.389. The van der Waals surface area contributed by atoms with E-state index in [1.54, 1.807) is 60.7 Å². The van der Waals surface area contributed by atoms with Gasteiger partial charge in [-0.05, 0) is 59.4 Å². The summed E-state index contributed by atoms with van der Waals surface area (Å²) >= 11 is 0. The zero-order valence-corrected chi connectivity index (χ0v) is 24.5. The van der Waals surface area contributed by atoms with E-state index < -0.39 is 53.8 Å². The maximum atomic E-state index is 14.6. The average molecular weight is 643 g/mol. The number of nitrogens with zero attached hydrogens (tertiary/aromatic N) is 2. The fourth-order valence-electron chi connectivity index (χ4n) is 5.81. The third kappa shape index (κ3) is 7.71. The number of carbonyl (C=O) groups is 1. The second-order valence-corrected chi connectivity index (χ2v) is 11.4. The highest BCUT2D eigenvalue weighted by Crippen LogP contribution is 2.33. The molecule has 0 aliphatic carbocycles. The molecule has 0 spiro atoms. The molecule has 1 fully saturated rings. The standard InChI is InChI=1S/C35H32F6N2O3/c36-34(37,38)27-15-11-25(12-16-27)21-42-29(19-23-7-3-1-4-8-23)31(44)32(45)30(20-24-9-5-2-6-10-24)43(33(42)46)22-26-13-17-28(18-14-26)35(39,40)41/h1-18,29-32,44-45H,19-22H2/t29-,30-,31+,32+/m1/s1. The molecule has 0 radical (unpaired) electrons. The Morgan fingerprint density at radius 2 is 0.826 bits per heavy atom. The van der Waals surface area contributed by atoms with E-state index in [1.165, 1.54) is 34.1 Å². The third-order valence-corrected chi connectivity index (χ3v) is 8.27. The highest BCUT2D eigenvalue weighted by atomic mass is 19.4. The summed E-state index contributed by atoms with van der Waals surface area (Å²) in [5, 5.41) is 23.4. The predicted molar refractivity (Wildman–Crippen MR) is 159 cm³/mol. The van der Waals surface area contributed by atoms with Gasteiger partial charge in [-0.25, -0.2) is 4.79 Å². The first-order valence-corrected chi connectivity index (χ1v) is 14.6. The lowest BCUT2D eigenvalue weighted by Crippen LogP contribution is -2.50. The van der Waals surface area contributed by atoms with Crippen LogP contribution in [-0.2, 0) is 38.3 Å². The number of alkyl halides is 6. The number of amides is 2. The van der Waals surface area contributed by atoms with Gasteiger partial charge < -0.3 is 20.0 Å². The van der Waals surface area contributed by atoms with Gasteiger partial charge in [0, 0.05) is 13.1 Å². The summed E-state index contributed by atoms with van der Waals surface area (Å²) in [7, 11) is 0. The Hall–Kier alpha value is -4.35. The van der Waals surface area contributed by atoms with Crippen LogP contribution in [0.2, 0.25) is 0 Å². The normalized spacial score (nSPS) is 20.9. The molecule has 2 amide bonds. The number of halogens is 6. The molecule has 4 aromatic rings. The van der Waals surface area contributed by atoms with Gasteiger partial charge in [0.25, 0.3) is 0 Å². The van der Waals surface area contributed by atoms with E-state index in [1.807, 2.05) is 0 Å². The van der Waals surface area contributed by atoms with Crippen molar-refractivity contribution in [3.8, 4) is 0 Å². The molecule has 1 saturated heterocycles. The molecule has 4 atom stereocenters. The van der Waals surface area contributed by atoms with E-state index >= 15 is 0 Å². The number of carbonyl (C=O) groups excluding carboxylic acids is 1. The molecule has 1 heterocycles. The lowest BCUT2D eigenvalue weighted by Gasteiger charge is -2.36. The molecule has 5 nitrogen and oxygen atoms in total. The van der Waals surface area contributed by atoms with Crippen molar-refractivity contribution < 1.29 is 41.4 Å². The van der Waals surface area contributed by atoms with Crippen molar-refractivity contribution in [2.45, 2.75) is 62.6 Å². The first-order valence-electron chi connectivity index (χ1n) is 14.6. The summed E-state index contributed by atoms with van der Waals surface area (Å²) in [5.74, 6) is 0. The van der Waals surface area contributed by atoms with Crippen LogP contribution >= 0.6 is 0 Å².